The number of para-hydroxylation sites is 1. The van der Waals surface area contributed by atoms with Crippen molar-refractivity contribution in [1.29, 1.82) is 0 Å². The predicted octanol–water partition coefficient (Wildman–Crippen LogP) is 4.15. The summed E-state index contributed by atoms with van der Waals surface area (Å²) in [5.41, 5.74) is 9.90. The van der Waals surface area contributed by atoms with Gasteiger partial charge in [0.05, 0.1) is 12.2 Å². The lowest BCUT2D eigenvalue weighted by Gasteiger charge is -2.39. The first kappa shape index (κ1) is 34.8. The molecule has 2 aromatic carbocycles. The molecule has 0 radical (unpaired) electrons. The number of piperidine rings is 1. The van der Waals surface area contributed by atoms with Gasteiger partial charge in [0.25, 0.3) is 0 Å². The first-order valence-corrected chi connectivity index (χ1v) is 18.1. The number of nitrogens with two attached hydrogens (primary N) is 1. The Morgan fingerprint density at radius 1 is 0.939 bits per heavy atom. The van der Waals surface area contributed by atoms with E-state index in [4.69, 9.17) is 5.73 Å². The molecular formula is C35H40Br2N8O4. The number of likely N-dealkylation sites (tertiary alicyclic amines) is 1. The Hall–Kier alpha value is -4.01. The van der Waals surface area contributed by atoms with Crippen LogP contribution in [-0.4, -0.2) is 108 Å². The van der Waals surface area contributed by atoms with E-state index >= 15 is 0 Å². The van der Waals surface area contributed by atoms with Gasteiger partial charge in [-0.2, -0.15) is 0 Å². The fraction of sp³-hybridized carbons (Fsp3) is 0.400. The molecule has 4 N–H and O–H groups in total. The Labute approximate surface area is 302 Å². The van der Waals surface area contributed by atoms with Gasteiger partial charge in [-0.25, -0.2) is 4.79 Å². The predicted molar refractivity (Wildman–Crippen MR) is 195 cm³/mol. The second-order valence-corrected chi connectivity index (χ2v) is 14.4. The van der Waals surface area contributed by atoms with E-state index in [2.05, 4.69) is 57.3 Å². The Morgan fingerprint density at radius 2 is 1.61 bits per heavy atom. The zero-order valence-corrected chi connectivity index (χ0v) is 30.3. The molecule has 6 rings (SSSR count). The van der Waals surface area contributed by atoms with Crippen LogP contribution in [0.2, 0.25) is 0 Å². The summed E-state index contributed by atoms with van der Waals surface area (Å²) >= 11 is 6.79. The second kappa shape index (κ2) is 15.7. The molecule has 4 heterocycles. The summed E-state index contributed by atoms with van der Waals surface area (Å²) in [6.07, 6.45) is 5.29. The van der Waals surface area contributed by atoms with E-state index in [1.807, 2.05) is 41.3 Å². The van der Waals surface area contributed by atoms with Crippen molar-refractivity contribution in [1.82, 2.24) is 25.0 Å². The van der Waals surface area contributed by atoms with Crippen molar-refractivity contribution < 1.29 is 19.2 Å². The lowest BCUT2D eigenvalue weighted by molar-refractivity contribution is -0.137. The van der Waals surface area contributed by atoms with Gasteiger partial charge in [0.2, 0.25) is 11.8 Å². The molecule has 12 nitrogen and oxygen atoms in total. The molecule has 0 saturated carbocycles. The highest BCUT2D eigenvalue weighted by molar-refractivity contribution is 9.11. The number of urea groups is 1. The van der Waals surface area contributed by atoms with Gasteiger partial charge in [0.15, 0.2) is 5.78 Å². The number of aromatic nitrogens is 1. The number of halogens is 2. The van der Waals surface area contributed by atoms with E-state index in [0.717, 1.165) is 36.4 Å². The van der Waals surface area contributed by atoms with Gasteiger partial charge in [-0.05, 0) is 87.0 Å². The number of ketones is 1. The summed E-state index contributed by atoms with van der Waals surface area (Å²) in [5.74, 6) is -0.899. The number of benzene rings is 2. The van der Waals surface area contributed by atoms with Gasteiger partial charge in [0, 0.05) is 96.6 Å². The smallest absolute Gasteiger partial charge is 0.322 e. The van der Waals surface area contributed by atoms with Gasteiger partial charge in [-0.3, -0.25) is 24.3 Å². The number of nitrogens with zero attached hydrogens (tertiary/aromatic N) is 5. The monoisotopic (exact) mass is 794 g/mol. The molecule has 14 heteroatoms. The minimum atomic E-state index is -1.04. The van der Waals surface area contributed by atoms with E-state index in [1.165, 1.54) is 0 Å². The van der Waals surface area contributed by atoms with Crippen LogP contribution in [0.3, 0.4) is 0 Å². The maximum Gasteiger partial charge on any atom is 0.322 e. The number of nitrogen functional groups attached to an aromatic ring is 1. The minimum absolute atomic E-state index is 0.0247. The number of hydrogen-bond donors (Lipinski definition) is 3. The Balaban J connectivity index is 1.09. The molecule has 4 amide bonds. The van der Waals surface area contributed by atoms with Crippen LogP contribution < -0.4 is 21.3 Å². The molecule has 1 aromatic heterocycles. The molecule has 1 unspecified atom stereocenters. The third-order valence-corrected chi connectivity index (χ3v) is 10.9. The summed E-state index contributed by atoms with van der Waals surface area (Å²) < 4.78 is 1.12. The number of amides is 4. The molecule has 3 aliphatic rings. The number of carbonyl (C=O) groups excluding carboxylic acids is 4. The Kier molecular flexibility index (Phi) is 11.2. The van der Waals surface area contributed by atoms with E-state index in [-0.39, 0.29) is 42.6 Å². The summed E-state index contributed by atoms with van der Waals surface area (Å²) in [4.78, 5) is 66.1. The molecule has 258 valence electrons. The molecule has 2 fully saturated rings. The lowest BCUT2D eigenvalue weighted by atomic mass is 9.99. The minimum Gasteiger partial charge on any atom is -0.397 e. The summed E-state index contributed by atoms with van der Waals surface area (Å²) in [5, 5.41) is 5.94. The molecule has 3 aromatic rings. The van der Waals surface area contributed by atoms with Gasteiger partial charge >= 0.3 is 6.03 Å². The van der Waals surface area contributed by atoms with Crippen molar-refractivity contribution in [3.63, 3.8) is 0 Å². The maximum atomic E-state index is 14.0. The largest absolute Gasteiger partial charge is 0.397 e. The number of carbonyl (C=O) groups is 4. The zero-order valence-electron chi connectivity index (χ0n) is 27.1. The highest BCUT2D eigenvalue weighted by Gasteiger charge is 2.35. The Bertz CT molecular complexity index is 1670. The molecule has 49 heavy (non-hydrogen) atoms. The van der Waals surface area contributed by atoms with Crippen molar-refractivity contribution in [3.8, 4) is 0 Å². The highest BCUT2D eigenvalue weighted by atomic mass is 79.9. The van der Waals surface area contributed by atoms with E-state index in [1.54, 1.807) is 29.4 Å². The van der Waals surface area contributed by atoms with Crippen molar-refractivity contribution in [2.75, 3.05) is 68.3 Å². The van der Waals surface area contributed by atoms with Crippen LogP contribution in [0.1, 0.15) is 35.2 Å². The number of hydrogen-bond acceptors (Lipinski definition) is 8. The number of Topliss-reactive ketones (excluding diaryl/α,β-unsaturated/α-hetero) is 1. The maximum absolute atomic E-state index is 14.0. The first-order chi connectivity index (χ1) is 23.7. The molecule has 0 bridgehead atoms. The molecule has 2 saturated heterocycles. The van der Waals surface area contributed by atoms with Crippen LogP contribution >= 0.6 is 31.9 Å². The van der Waals surface area contributed by atoms with Gasteiger partial charge in [0.1, 0.15) is 6.04 Å². The molecular weight excluding hydrogens is 756 g/mol. The first-order valence-electron chi connectivity index (χ1n) is 16.5. The average Bonchev–Trinajstić information content (AvgIpc) is 3.28. The van der Waals surface area contributed by atoms with Crippen LogP contribution in [0, 0.1) is 0 Å². The van der Waals surface area contributed by atoms with Crippen LogP contribution in [0.25, 0.3) is 0 Å². The lowest BCUT2D eigenvalue weighted by Crippen LogP contribution is -2.56. The van der Waals surface area contributed by atoms with Crippen LogP contribution in [0.15, 0.2) is 69.9 Å². The summed E-state index contributed by atoms with van der Waals surface area (Å²) in [6.45, 7) is 4.43. The summed E-state index contributed by atoms with van der Waals surface area (Å²) in [7, 11) is 0. The van der Waals surface area contributed by atoms with Crippen molar-refractivity contribution in [3.05, 3.63) is 81.0 Å². The third-order valence-electron chi connectivity index (χ3n) is 9.55. The quantitative estimate of drug-likeness (QED) is 0.217. The standard InChI is InChI=1S/C35H40Br2N8O4/c36-27-19-24(20-28(37)33(27)38)31(46)21-30(40-32(47)22-42-15-17-43(18-16-42)25-5-10-39-11-6-25)34(48)44-12-8-26(9-13-44)45-14-7-23-3-1-2-4-29(23)41-35(45)49/h1-6,10-11,19-20,26,30H,7-9,12-18,21-22,38H2,(H,40,47)(H,41,49). The SMILES string of the molecule is Nc1c(Br)cc(C(=O)CC(NC(=O)CN2CCN(c3ccncc3)CC2)C(=O)N2CCC(N3CCc4ccccc4NC3=O)CC2)cc1Br. The average molecular weight is 797 g/mol. The number of rotatable bonds is 9. The third kappa shape index (κ3) is 8.42. The summed E-state index contributed by atoms with van der Waals surface area (Å²) in [6, 6.07) is 13.8. The zero-order chi connectivity index (χ0) is 34.5. The second-order valence-electron chi connectivity index (χ2n) is 12.7. The fourth-order valence-electron chi connectivity index (χ4n) is 6.77. The number of pyridine rings is 1. The number of piperazine rings is 1. The van der Waals surface area contributed by atoms with Crippen LogP contribution in [0.4, 0.5) is 21.9 Å². The van der Waals surface area contributed by atoms with Gasteiger partial charge < -0.3 is 31.1 Å². The molecule has 1 atom stereocenters. The van der Waals surface area contributed by atoms with Crippen molar-refractivity contribution >= 4 is 72.6 Å². The van der Waals surface area contributed by atoms with Gasteiger partial charge in [-0.15, -0.1) is 0 Å². The van der Waals surface area contributed by atoms with Gasteiger partial charge in [-0.1, -0.05) is 18.2 Å². The van der Waals surface area contributed by atoms with E-state index in [9.17, 15) is 19.2 Å². The normalized spacial score (nSPS) is 17.9. The number of nitrogens with one attached hydrogen (secondary N) is 2. The topological polar surface area (TPSA) is 144 Å². The molecule has 0 spiro atoms. The van der Waals surface area contributed by atoms with Crippen molar-refractivity contribution in [2.45, 2.75) is 37.8 Å². The van der Waals surface area contributed by atoms with Crippen molar-refractivity contribution in [2.24, 2.45) is 0 Å². The Morgan fingerprint density at radius 3 is 2.31 bits per heavy atom. The fourth-order valence-corrected chi connectivity index (χ4v) is 7.95. The van der Waals surface area contributed by atoms with E-state index < -0.39 is 6.04 Å². The number of fused-ring (bicyclic) bond motifs is 1. The van der Waals surface area contributed by atoms with E-state index in [0.29, 0.717) is 65.8 Å². The van der Waals surface area contributed by atoms with Crippen LogP contribution in [0.5, 0.6) is 0 Å². The highest BCUT2D eigenvalue weighted by Crippen LogP contribution is 2.30. The molecule has 3 aliphatic heterocycles. The molecule has 0 aliphatic carbocycles. The number of anilines is 3. The van der Waals surface area contributed by atoms with Crippen LogP contribution in [-0.2, 0) is 16.0 Å².